The lowest BCUT2D eigenvalue weighted by Gasteiger charge is -2.12. The van der Waals surface area contributed by atoms with E-state index in [1.165, 1.54) is 36.0 Å². The lowest BCUT2D eigenvalue weighted by Crippen LogP contribution is -2.30. The first kappa shape index (κ1) is 29.8. The summed E-state index contributed by atoms with van der Waals surface area (Å²) in [6, 6.07) is 26.9. The number of benzene rings is 4. The number of para-hydroxylation sites is 2. The molecule has 212 valence electrons. The summed E-state index contributed by atoms with van der Waals surface area (Å²) in [5.74, 6) is -1.13. The Morgan fingerprint density at radius 3 is 2.12 bits per heavy atom. The Balaban J connectivity index is 1.46. The van der Waals surface area contributed by atoms with Gasteiger partial charge in [-0.2, -0.15) is 0 Å². The van der Waals surface area contributed by atoms with Gasteiger partial charge in [-0.15, -0.1) is 11.8 Å². The van der Waals surface area contributed by atoms with E-state index >= 15 is 0 Å². The van der Waals surface area contributed by atoms with Crippen molar-refractivity contribution in [2.75, 3.05) is 16.4 Å². The largest absolute Gasteiger partial charge is 0.325 e. The van der Waals surface area contributed by atoms with E-state index in [1.807, 2.05) is 32.0 Å². The van der Waals surface area contributed by atoms with Crippen LogP contribution in [0.15, 0.2) is 108 Å². The van der Waals surface area contributed by atoms with Crippen molar-refractivity contribution < 1.29 is 19.3 Å². The predicted molar refractivity (Wildman–Crippen MR) is 165 cm³/mol. The van der Waals surface area contributed by atoms with Crippen LogP contribution in [-0.4, -0.2) is 28.4 Å². The maximum absolute atomic E-state index is 13.3. The quantitative estimate of drug-likeness (QED) is 0.0867. The van der Waals surface area contributed by atoms with Crippen molar-refractivity contribution in [2.24, 2.45) is 0 Å². The molecule has 0 radical (unpaired) electrons. The number of nitro benzene ring substituents is 1. The highest BCUT2D eigenvalue weighted by Gasteiger charge is 2.18. The molecule has 0 saturated heterocycles. The zero-order valence-corrected chi connectivity index (χ0v) is 23.7. The predicted octanol–water partition coefficient (Wildman–Crippen LogP) is 6.35. The minimum Gasteiger partial charge on any atom is -0.325 e. The van der Waals surface area contributed by atoms with Gasteiger partial charge in [0.15, 0.2) is 0 Å². The van der Waals surface area contributed by atoms with E-state index in [4.69, 9.17) is 0 Å². The molecule has 0 aromatic heterocycles. The van der Waals surface area contributed by atoms with Crippen LogP contribution in [-0.2, 0) is 9.59 Å². The third-order valence-electron chi connectivity index (χ3n) is 6.19. The average molecular weight is 581 g/mol. The van der Waals surface area contributed by atoms with Gasteiger partial charge < -0.3 is 16.0 Å². The molecule has 0 saturated carbocycles. The van der Waals surface area contributed by atoms with Gasteiger partial charge in [0, 0.05) is 27.9 Å². The molecule has 4 rings (SSSR count). The molecule has 0 heterocycles. The molecular weight excluding hydrogens is 552 g/mol. The fraction of sp³-hybridized carbons (Fsp3) is 0.0938. The second-order valence-electron chi connectivity index (χ2n) is 9.28. The van der Waals surface area contributed by atoms with Crippen LogP contribution in [0.1, 0.15) is 27.0 Å². The standard InChI is InChI=1S/C32H28N4O5S/c1-21-9-8-10-22(2)30(21)35-29(37)20-42-26-17-15-25(16-18-26)33-32(39)27(34-31(38)23-11-4-3-5-12-23)19-24-13-6-7-14-28(24)36(40)41/h3-19H,20H2,1-2H3,(H,33,39)(H,34,38)(H,35,37)/b27-19-. The first-order chi connectivity index (χ1) is 20.2. The molecule has 9 nitrogen and oxygen atoms in total. The number of nitrogens with zero attached hydrogens (tertiary/aromatic N) is 1. The lowest BCUT2D eigenvalue weighted by atomic mass is 10.1. The molecule has 0 aliphatic rings. The summed E-state index contributed by atoms with van der Waals surface area (Å²) in [5, 5.41) is 19.8. The molecule has 4 aromatic carbocycles. The number of aryl methyl sites for hydroxylation is 2. The molecule has 0 atom stereocenters. The fourth-order valence-electron chi connectivity index (χ4n) is 4.04. The zero-order chi connectivity index (χ0) is 30.1. The number of nitro groups is 1. The monoisotopic (exact) mass is 580 g/mol. The van der Waals surface area contributed by atoms with Gasteiger partial charge in [-0.1, -0.05) is 48.5 Å². The molecule has 3 N–H and O–H groups in total. The smallest absolute Gasteiger partial charge is 0.276 e. The van der Waals surface area contributed by atoms with Gasteiger partial charge in [0.05, 0.1) is 16.2 Å². The SMILES string of the molecule is Cc1cccc(C)c1NC(=O)CSc1ccc(NC(=O)/C(=C/c2ccccc2[N+](=O)[O-])NC(=O)c2ccccc2)cc1. The Labute approximate surface area is 247 Å². The summed E-state index contributed by atoms with van der Waals surface area (Å²) in [6.07, 6.45) is 1.27. The highest BCUT2D eigenvalue weighted by molar-refractivity contribution is 8.00. The summed E-state index contributed by atoms with van der Waals surface area (Å²) >= 11 is 1.35. The Bertz CT molecular complexity index is 1630. The minimum atomic E-state index is -0.661. The topological polar surface area (TPSA) is 130 Å². The molecular formula is C32H28N4O5S. The Hall–Kier alpha value is -5.22. The first-order valence-corrected chi connectivity index (χ1v) is 13.9. The maximum Gasteiger partial charge on any atom is 0.276 e. The van der Waals surface area contributed by atoms with Gasteiger partial charge in [0.25, 0.3) is 17.5 Å². The van der Waals surface area contributed by atoms with Crippen molar-refractivity contribution in [1.29, 1.82) is 0 Å². The summed E-state index contributed by atoms with van der Waals surface area (Å²) < 4.78 is 0. The summed E-state index contributed by atoms with van der Waals surface area (Å²) in [7, 11) is 0. The number of carbonyl (C=O) groups excluding carboxylic acids is 3. The third kappa shape index (κ3) is 7.92. The number of hydrogen-bond acceptors (Lipinski definition) is 6. The van der Waals surface area contributed by atoms with E-state index in [9.17, 15) is 24.5 Å². The number of anilines is 2. The maximum atomic E-state index is 13.3. The fourth-order valence-corrected chi connectivity index (χ4v) is 4.74. The molecule has 0 aliphatic carbocycles. The van der Waals surface area contributed by atoms with Crippen molar-refractivity contribution in [3.8, 4) is 0 Å². The highest BCUT2D eigenvalue weighted by atomic mass is 32.2. The molecule has 0 spiro atoms. The van der Waals surface area contributed by atoms with Crippen LogP contribution >= 0.6 is 11.8 Å². The summed E-state index contributed by atoms with van der Waals surface area (Å²) in [4.78, 5) is 50.4. The zero-order valence-electron chi connectivity index (χ0n) is 22.9. The number of nitrogens with one attached hydrogen (secondary N) is 3. The normalized spacial score (nSPS) is 11.0. The van der Waals surface area contributed by atoms with E-state index in [2.05, 4.69) is 16.0 Å². The van der Waals surface area contributed by atoms with Crippen LogP contribution in [0.25, 0.3) is 6.08 Å². The highest BCUT2D eigenvalue weighted by Crippen LogP contribution is 2.24. The minimum absolute atomic E-state index is 0.131. The Morgan fingerprint density at radius 1 is 0.810 bits per heavy atom. The van der Waals surface area contributed by atoms with Crippen LogP contribution in [0.3, 0.4) is 0 Å². The van der Waals surface area contributed by atoms with Gasteiger partial charge in [-0.3, -0.25) is 24.5 Å². The summed E-state index contributed by atoms with van der Waals surface area (Å²) in [5.41, 5.74) is 3.33. The average Bonchev–Trinajstić information content (AvgIpc) is 2.99. The molecule has 10 heteroatoms. The molecule has 0 aliphatic heterocycles. The van der Waals surface area contributed by atoms with Crippen molar-refractivity contribution >= 4 is 52.6 Å². The number of thioether (sulfide) groups is 1. The van der Waals surface area contributed by atoms with Crippen molar-refractivity contribution in [2.45, 2.75) is 18.7 Å². The van der Waals surface area contributed by atoms with E-state index in [1.54, 1.807) is 60.7 Å². The van der Waals surface area contributed by atoms with Gasteiger partial charge in [-0.25, -0.2) is 0 Å². The van der Waals surface area contributed by atoms with Gasteiger partial charge in [-0.05, 0) is 73.5 Å². The van der Waals surface area contributed by atoms with Crippen LogP contribution in [0.2, 0.25) is 0 Å². The van der Waals surface area contributed by atoms with Crippen molar-refractivity contribution in [3.05, 3.63) is 135 Å². The molecule has 4 aromatic rings. The van der Waals surface area contributed by atoms with Crippen molar-refractivity contribution in [3.63, 3.8) is 0 Å². The molecule has 0 fully saturated rings. The van der Waals surface area contributed by atoms with Crippen molar-refractivity contribution in [1.82, 2.24) is 5.32 Å². The van der Waals surface area contributed by atoms with Crippen LogP contribution < -0.4 is 16.0 Å². The van der Waals surface area contributed by atoms with E-state index in [0.29, 0.717) is 11.3 Å². The number of hydrogen-bond donors (Lipinski definition) is 3. The second kappa shape index (κ2) is 13.9. The number of rotatable bonds is 10. The lowest BCUT2D eigenvalue weighted by molar-refractivity contribution is -0.385. The Morgan fingerprint density at radius 2 is 1.45 bits per heavy atom. The molecule has 42 heavy (non-hydrogen) atoms. The molecule has 0 bridgehead atoms. The van der Waals surface area contributed by atoms with Crippen LogP contribution in [0, 0.1) is 24.0 Å². The van der Waals surface area contributed by atoms with E-state index in [0.717, 1.165) is 21.7 Å². The third-order valence-corrected chi connectivity index (χ3v) is 7.20. The van der Waals surface area contributed by atoms with E-state index in [-0.39, 0.29) is 28.6 Å². The van der Waals surface area contributed by atoms with Crippen LogP contribution in [0.5, 0.6) is 0 Å². The first-order valence-electron chi connectivity index (χ1n) is 12.9. The van der Waals surface area contributed by atoms with Gasteiger partial charge in [0.1, 0.15) is 5.70 Å². The number of carbonyl (C=O) groups is 3. The molecule has 3 amide bonds. The summed E-state index contributed by atoms with van der Waals surface area (Å²) in [6.45, 7) is 3.88. The van der Waals surface area contributed by atoms with E-state index < -0.39 is 16.7 Å². The Kier molecular flexibility index (Phi) is 9.85. The van der Waals surface area contributed by atoms with Gasteiger partial charge in [0.2, 0.25) is 5.91 Å². The second-order valence-corrected chi connectivity index (χ2v) is 10.3. The molecule has 0 unspecified atom stereocenters. The number of amides is 3. The van der Waals surface area contributed by atoms with Gasteiger partial charge >= 0.3 is 0 Å². The van der Waals surface area contributed by atoms with Crippen LogP contribution in [0.4, 0.5) is 17.1 Å².